The lowest BCUT2D eigenvalue weighted by Gasteiger charge is -2.23. The van der Waals surface area contributed by atoms with Crippen molar-refractivity contribution in [2.24, 2.45) is 0 Å². The Morgan fingerprint density at radius 2 is 1.35 bits per heavy atom. The highest BCUT2D eigenvalue weighted by atomic mass is 32.1. The van der Waals surface area contributed by atoms with Crippen LogP contribution in [0.1, 0.15) is 36.6 Å². The Hall–Kier alpha value is -5.10. The van der Waals surface area contributed by atoms with Crippen molar-refractivity contribution in [2.45, 2.75) is 46.0 Å². The van der Waals surface area contributed by atoms with Crippen molar-refractivity contribution < 1.29 is 9.47 Å². The standard InChI is InChI=1S/C38H33N5O4S2/c1-3-46-29-15-25-14-22(2)47-30(25)16-26(29)19-43(20-33-39-35(44)27-17-31(48-37(27)41-33)23-10-6-4-7-11-23)21-34-40-36(45)28-18-32(49-38(28)42-34)24-12-8-5-9-13-24/h4-13,15-18,22H,3,14,19-21H2,1-2H3,(H,39,41,44)(H,40,42,45). The number of fused-ring (bicyclic) bond motifs is 3. The first kappa shape index (κ1) is 31.2. The van der Waals surface area contributed by atoms with E-state index in [1.54, 1.807) is 0 Å². The summed E-state index contributed by atoms with van der Waals surface area (Å²) in [6, 6.07) is 27.9. The Kier molecular flexibility index (Phi) is 8.32. The number of benzene rings is 3. The quantitative estimate of drug-likeness (QED) is 0.153. The minimum Gasteiger partial charge on any atom is -0.494 e. The van der Waals surface area contributed by atoms with Crippen molar-refractivity contribution in [1.29, 1.82) is 0 Å². The lowest BCUT2D eigenvalue weighted by Crippen LogP contribution is -2.27. The minimum absolute atomic E-state index is 0.0935. The van der Waals surface area contributed by atoms with Crippen LogP contribution < -0.4 is 20.6 Å². The van der Waals surface area contributed by atoms with Crippen LogP contribution >= 0.6 is 22.7 Å². The molecule has 0 bridgehead atoms. The molecule has 0 saturated heterocycles. The van der Waals surface area contributed by atoms with E-state index in [0.717, 1.165) is 49.9 Å². The Morgan fingerprint density at radius 1 is 0.796 bits per heavy atom. The Bertz CT molecular complexity index is 2280. The number of H-pyrrole nitrogens is 2. The van der Waals surface area contributed by atoms with Gasteiger partial charge in [-0.2, -0.15) is 0 Å². The molecule has 0 saturated carbocycles. The van der Waals surface area contributed by atoms with Crippen LogP contribution in [0.15, 0.2) is 94.5 Å². The third-order valence-corrected chi connectivity index (χ3v) is 10.7. The van der Waals surface area contributed by atoms with E-state index < -0.39 is 0 Å². The van der Waals surface area contributed by atoms with Gasteiger partial charge in [0, 0.05) is 33.8 Å². The topological polar surface area (TPSA) is 113 Å². The van der Waals surface area contributed by atoms with E-state index in [4.69, 9.17) is 19.4 Å². The molecular formula is C38H33N5O4S2. The number of nitrogens with zero attached hydrogens (tertiary/aromatic N) is 3. The highest BCUT2D eigenvalue weighted by molar-refractivity contribution is 7.22. The van der Waals surface area contributed by atoms with Crippen LogP contribution in [-0.2, 0) is 26.1 Å². The molecule has 246 valence electrons. The van der Waals surface area contributed by atoms with Crippen LogP contribution in [0, 0.1) is 0 Å². The van der Waals surface area contributed by atoms with E-state index in [9.17, 15) is 9.59 Å². The van der Waals surface area contributed by atoms with Crippen LogP contribution in [-0.4, -0.2) is 37.5 Å². The fourth-order valence-electron chi connectivity index (χ4n) is 6.32. The van der Waals surface area contributed by atoms with E-state index in [2.05, 4.69) is 27.9 Å². The van der Waals surface area contributed by atoms with Gasteiger partial charge in [-0.25, -0.2) is 9.97 Å². The predicted octanol–water partition coefficient (Wildman–Crippen LogP) is 7.54. The fraction of sp³-hybridized carbons (Fsp3) is 0.211. The first-order chi connectivity index (χ1) is 23.9. The van der Waals surface area contributed by atoms with Crippen molar-refractivity contribution >= 4 is 43.1 Å². The third kappa shape index (κ3) is 6.40. The van der Waals surface area contributed by atoms with Crippen molar-refractivity contribution in [3.63, 3.8) is 0 Å². The van der Waals surface area contributed by atoms with Crippen LogP contribution in [0.4, 0.5) is 0 Å². The summed E-state index contributed by atoms with van der Waals surface area (Å²) in [4.78, 5) is 48.0. The average molecular weight is 688 g/mol. The van der Waals surface area contributed by atoms with Crippen molar-refractivity contribution in [1.82, 2.24) is 24.8 Å². The second-order valence-electron chi connectivity index (χ2n) is 12.2. The summed E-state index contributed by atoms with van der Waals surface area (Å²) in [5.74, 6) is 2.68. The van der Waals surface area contributed by atoms with E-state index in [1.165, 1.54) is 22.7 Å². The maximum Gasteiger partial charge on any atom is 0.259 e. The number of hydrogen-bond donors (Lipinski definition) is 2. The maximum absolute atomic E-state index is 13.3. The molecule has 0 fully saturated rings. The summed E-state index contributed by atoms with van der Waals surface area (Å²) in [7, 11) is 0. The first-order valence-electron chi connectivity index (χ1n) is 16.2. The van der Waals surface area contributed by atoms with Gasteiger partial charge in [-0.1, -0.05) is 60.7 Å². The largest absolute Gasteiger partial charge is 0.494 e. The lowest BCUT2D eigenvalue weighted by molar-refractivity contribution is 0.228. The Balaban J connectivity index is 1.17. The molecule has 8 rings (SSSR count). The lowest BCUT2D eigenvalue weighted by atomic mass is 10.1. The number of aromatic nitrogens is 4. The third-order valence-electron chi connectivity index (χ3n) is 8.54. The molecule has 0 amide bonds. The van der Waals surface area contributed by atoms with Gasteiger partial charge in [-0.05, 0) is 49.2 Å². The summed E-state index contributed by atoms with van der Waals surface area (Å²) in [6.07, 6.45) is 0.920. The van der Waals surface area contributed by atoms with Gasteiger partial charge in [0.2, 0.25) is 0 Å². The van der Waals surface area contributed by atoms with Crippen LogP contribution in [0.5, 0.6) is 11.5 Å². The van der Waals surface area contributed by atoms with Gasteiger partial charge in [-0.15, -0.1) is 22.7 Å². The minimum atomic E-state index is -0.187. The molecule has 5 heterocycles. The maximum atomic E-state index is 13.3. The number of rotatable bonds is 10. The summed E-state index contributed by atoms with van der Waals surface area (Å²) in [6.45, 7) is 5.57. The molecular weight excluding hydrogens is 655 g/mol. The normalized spacial score (nSPS) is 14.1. The molecule has 1 aliphatic heterocycles. The number of aromatic amines is 2. The molecule has 3 aromatic carbocycles. The van der Waals surface area contributed by atoms with Crippen LogP contribution in [0.3, 0.4) is 0 Å². The summed E-state index contributed by atoms with van der Waals surface area (Å²) < 4.78 is 12.2. The molecule has 1 unspecified atom stereocenters. The number of ether oxygens (including phenoxy) is 2. The SMILES string of the molecule is CCOc1cc2c(cc1CN(Cc1nc3sc(-c4ccccc4)cc3c(=O)[nH]1)Cc1nc3sc(-c4ccccc4)cc3c(=O)[nH]1)OC(C)C2. The van der Waals surface area contributed by atoms with Gasteiger partial charge < -0.3 is 19.4 Å². The molecule has 2 N–H and O–H groups in total. The van der Waals surface area contributed by atoms with Crippen molar-refractivity contribution in [3.8, 4) is 32.4 Å². The van der Waals surface area contributed by atoms with Gasteiger partial charge in [0.15, 0.2) is 0 Å². The zero-order valence-electron chi connectivity index (χ0n) is 27.0. The van der Waals surface area contributed by atoms with E-state index in [1.807, 2.05) is 85.8 Å². The van der Waals surface area contributed by atoms with Crippen LogP contribution in [0.2, 0.25) is 0 Å². The van der Waals surface area contributed by atoms with Gasteiger partial charge in [-0.3, -0.25) is 14.5 Å². The van der Waals surface area contributed by atoms with E-state index >= 15 is 0 Å². The number of nitrogens with one attached hydrogen (secondary N) is 2. The monoisotopic (exact) mass is 687 g/mol. The van der Waals surface area contributed by atoms with Crippen molar-refractivity contribution in [3.05, 3.63) is 128 Å². The molecule has 1 aliphatic rings. The second kappa shape index (κ2) is 13.1. The number of hydrogen-bond acceptors (Lipinski definition) is 9. The molecule has 0 spiro atoms. The van der Waals surface area contributed by atoms with Gasteiger partial charge >= 0.3 is 0 Å². The van der Waals surface area contributed by atoms with Crippen LogP contribution in [0.25, 0.3) is 41.3 Å². The highest BCUT2D eigenvalue weighted by Crippen LogP contribution is 2.37. The molecule has 11 heteroatoms. The molecule has 1 atom stereocenters. The molecule has 49 heavy (non-hydrogen) atoms. The van der Waals surface area contributed by atoms with E-state index in [0.29, 0.717) is 58.3 Å². The predicted molar refractivity (Wildman–Crippen MR) is 196 cm³/mol. The van der Waals surface area contributed by atoms with Gasteiger partial charge in [0.25, 0.3) is 11.1 Å². The summed E-state index contributed by atoms with van der Waals surface area (Å²) >= 11 is 2.99. The smallest absolute Gasteiger partial charge is 0.259 e. The van der Waals surface area contributed by atoms with Crippen molar-refractivity contribution in [2.75, 3.05) is 6.61 Å². The zero-order chi connectivity index (χ0) is 33.5. The average Bonchev–Trinajstić information content (AvgIpc) is 3.82. The first-order valence-corrected chi connectivity index (χ1v) is 17.9. The zero-order valence-corrected chi connectivity index (χ0v) is 28.6. The number of thiophene rings is 2. The molecule has 9 nitrogen and oxygen atoms in total. The Labute approximate surface area is 289 Å². The summed E-state index contributed by atoms with van der Waals surface area (Å²) in [5.41, 5.74) is 3.77. The van der Waals surface area contributed by atoms with Gasteiger partial charge in [0.1, 0.15) is 38.9 Å². The molecule has 0 radical (unpaired) electrons. The van der Waals surface area contributed by atoms with E-state index in [-0.39, 0.29) is 17.2 Å². The highest BCUT2D eigenvalue weighted by Gasteiger charge is 2.24. The second-order valence-corrected chi connectivity index (χ2v) is 14.3. The molecule has 0 aliphatic carbocycles. The summed E-state index contributed by atoms with van der Waals surface area (Å²) in [5, 5.41) is 1.12. The van der Waals surface area contributed by atoms with Gasteiger partial charge in [0.05, 0.1) is 30.5 Å². The molecule has 4 aromatic heterocycles. The Morgan fingerprint density at radius 3 is 1.88 bits per heavy atom. The molecule has 7 aromatic rings. The fourth-order valence-corrected chi connectivity index (χ4v) is 8.43.